The van der Waals surface area contributed by atoms with Gasteiger partial charge in [0, 0.05) is 13.1 Å². The second-order valence-electron chi connectivity index (χ2n) is 8.13. The van der Waals surface area contributed by atoms with E-state index in [-0.39, 0.29) is 24.2 Å². The first-order chi connectivity index (χ1) is 14.1. The lowest BCUT2D eigenvalue weighted by atomic mass is 9.81. The minimum Gasteiger partial charge on any atom is -0.496 e. The maximum Gasteiger partial charge on any atom is 0.227 e. The van der Waals surface area contributed by atoms with Gasteiger partial charge in [-0.15, -0.1) is 0 Å². The van der Waals surface area contributed by atoms with Gasteiger partial charge < -0.3 is 9.64 Å². The summed E-state index contributed by atoms with van der Waals surface area (Å²) >= 11 is 0. The largest absolute Gasteiger partial charge is 0.496 e. The fourth-order valence-electron chi connectivity index (χ4n) is 4.95. The third kappa shape index (κ3) is 4.01. The van der Waals surface area contributed by atoms with Crippen molar-refractivity contribution < 1.29 is 13.9 Å². The molecule has 1 fully saturated rings. The molecule has 2 aromatic rings. The van der Waals surface area contributed by atoms with Crippen LogP contribution in [-0.4, -0.2) is 49.0 Å². The number of hydrogen-bond donors (Lipinski definition) is 0. The van der Waals surface area contributed by atoms with E-state index in [9.17, 15) is 9.18 Å². The van der Waals surface area contributed by atoms with Gasteiger partial charge in [0.2, 0.25) is 5.91 Å². The quantitative estimate of drug-likeness (QED) is 0.766. The predicted octanol–water partition coefficient (Wildman–Crippen LogP) is 3.99. The van der Waals surface area contributed by atoms with Gasteiger partial charge in [0.25, 0.3) is 0 Å². The van der Waals surface area contributed by atoms with Crippen LogP contribution in [0, 0.1) is 5.82 Å². The molecule has 2 atom stereocenters. The van der Waals surface area contributed by atoms with Crippen molar-refractivity contribution in [2.75, 3.05) is 27.2 Å². The Kier molecular flexibility index (Phi) is 5.86. The second-order valence-corrected chi connectivity index (χ2v) is 8.13. The topological polar surface area (TPSA) is 32.8 Å². The number of hydrogen-bond acceptors (Lipinski definition) is 3. The molecule has 0 unspecified atom stereocenters. The lowest BCUT2D eigenvalue weighted by Gasteiger charge is -2.44. The van der Waals surface area contributed by atoms with E-state index in [2.05, 4.69) is 11.0 Å². The minimum atomic E-state index is -0.281. The van der Waals surface area contributed by atoms with E-state index in [1.54, 1.807) is 19.2 Å². The molecule has 1 aliphatic heterocycles. The first-order valence-electron chi connectivity index (χ1n) is 10.5. The average Bonchev–Trinajstić information content (AvgIpc) is 3.28. The molecule has 1 aliphatic carbocycles. The number of benzene rings is 2. The number of likely N-dealkylation sites (tertiary alicyclic amines) is 1. The summed E-state index contributed by atoms with van der Waals surface area (Å²) in [5, 5.41) is 0. The van der Waals surface area contributed by atoms with Crippen LogP contribution in [0.3, 0.4) is 0 Å². The summed E-state index contributed by atoms with van der Waals surface area (Å²) < 4.78 is 18.8. The van der Waals surface area contributed by atoms with Crippen LogP contribution in [-0.2, 0) is 17.6 Å². The van der Waals surface area contributed by atoms with Crippen LogP contribution < -0.4 is 4.74 Å². The summed E-state index contributed by atoms with van der Waals surface area (Å²) in [6.45, 7) is 2.20. The molecule has 0 radical (unpaired) electrons. The molecular formula is C24H29FN2O2. The molecule has 0 spiro atoms. The number of ether oxygens (including phenoxy) is 1. The van der Waals surface area contributed by atoms with Crippen LogP contribution in [0.15, 0.2) is 42.5 Å². The van der Waals surface area contributed by atoms with E-state index in [4.69, 9.17) is 4.74 Å². The summed E-state index contributed by atoms with van der Waals surface area (Å²) in [6, 6.07) is 12.7. The van der Waals surface area contributed by atoms with Crippen LogP contribution in [0.4, 0.5) is 4.39 Å². The third-order valence-electron chi connectivity index (χ3n) is 6.45. The normalized spacial score (nSPS) is 21.6. The van der Waals surface area contributed by atoms with E-state index >= 15 is 0 Å². The van der Waals surface area contributed by atoms with Gasteiger partial charge in [0.05, 0.1) is 19.6 Å². The molecule has 1 saturated heterocycles. The molecule has 5 heteroatoms. The van der Waals surface area contributed by atoms with E-state index in [1.807, 2.05) is 24.1 Å². The van der Waals surface area contributed by atoms with Crippen molar-refractivity contribution in [1.82, 2.24) is 9.80 Å². The Morgan fingerprint density at radius 3 is 2.59 bits per heavy atom. The number of likely N-dealkylation sites (N-methyl/N-ethyl adjacent to an activating group) is 1. The van der Waals surface area contributed by atoms with Crippen LogP contribution in [0.5, 0.6) is 5.75 Å². The first-order valence-corrected chi connectivity index (χ1v) is 10.5. The predicted molar refractivity (Wildman–Crippen MR) is 112 cm³/mol. The number of methoxy groups -OCH3 is 1. The van der Waals surface area contributed by atoms with E-state index in [0.29, 0.717) is 6.04 Å². The lowest BCUT2D eigenvalue weighted by molar-refractivity contribution is -0.133. The highest BCUT2D eigenvalue weighted by atomic mass is 19.1. The molecule has 154 valence electrons. The van der Waals surface area contributed by atoms with Crippen LogP contribution in [0.25, 0.3) is 0 Å². The Balaban J connectivity index is 1.64. The third-order valence-corrected chi connectivity index (χ3v) is 6.45. The maximum absolute atomic E-state index is 13.2. The highest BCUT2D eigenvalue weighted by molar-refractivity contribution is 5.79. The van der Waals surface area contributed by atoms with Crippen LogP contribution in [0.1, 0.15) is 42.0 Å². The highest BCUT2D eigenvalue weighted by Crippen LogP contribution is 2.41. The van der Waals surface area contributed by atoms with E-state index < -0.39 is 0 Å². The van der Waals surface area contributed by atoms with Gasteiger partial charge >= 0.3 is 0 Å². The number of amides is 1. The zero-order valence-corrected chi connectivity index (χ0v) is 17.2. The van der Waals surface area contributed by atoms with E-state index in [0.717, 1.165) is 37.2 Å². The number of fused-ring (bicyclic) bond motifs is 1. The Morgan fingerprint density at radius 1 is 1.17 bits per heavy atom. The van der Waals surface area contributed by atoms with Crippen molar-refractivity contribution in [2.24, 2.45) is 0 Å². The van der Waals surface area contributed by atoms with Gasteiger partial charge in [-0.3, -0.25) is 9.69 Å². The molecule has 1 amide bonds. The van der Waals surface area contributed by atoms with Crippen LogP contribution in [0.2, 0.25) is 0 Å². The Bertz CT molecular complexity index is 862. The molecule has 0 saturated carbocycles. The number of nitrogens with zero attached hydrogens (tertiary/aromatic N) is 2. The van der Waals surface area contributed by atoms with Gasteiger partial charge in [0.1, 0.15) is 11.6 Å². The summed E-state index contributed by atoms with van der Waals surface area (Å²) in [7, 11) is 3.62. The van der Waals surface area contributed by atoms with Gasteiger partial charge in [-0.05, 0) is 73.7 Å². The van der Waals surface area contributed by atoms with Gasteiger partial charge in [0.15, 0.2) is 0 Å². The van der Waals surface area contributed by atoms with Gasteiger partial charge in [-0.25, -0.2) is 4.39 Å². The highest BCUT2D eigenvalue weighted by Gasteiger charge is 2.39. The SMILES string of the molecule is COc1cccc2c1CC[C@H](N1CCCC1)[C@H]2N(C)C(=O)Cc1ccc(F)cc1. The molecule has 0 bridgehead atoms. The molecule has 1 heterocycles. The molecule has 0 aromatic heterocycles. The van der Waals surface area contributed by atoms with Crippen molar-refractivity contribution in [3.8, 4) is 5.75 Å². The van der Waals surface area contributed by atoms with Crippen molar-refractivity contribution in [3.63, 3.8) is 0 Å². The molecule has 4 nitrogen and oxygen atoms in total. The maximum atomic E-state index is 13.2. The molecule has 2 aliphatic rings. The fraction of sp³-hybridized carbons (Fsp3) is 0.458. The van der Waals surface area contributed by atoms with Crippen molar-refractivity contribution in [1.29, 1.82) is 0 Å². The molecular weight excluding hydrogens is 367 g/mol. The summed E-state index contributed by atoms with van der Waals surface area (Å²) in [5.74, 6) is 0.685. The van der Waals surface area contributed by atoms with Crippen LogP contribution >= 0.6 is 0 Å². The van der Waals surface area contributed by atoms with Crippen molar-refractivity contribution >= 4 is 5.91 Å². The number of carbonyl (C=O) groups excluding carboxylic acids is 1. The number of carbonyl (C=O) groups is 1. The number of halogens is 1. The smallest absolute Gasteiger partial charge is 0.227 e. The summed E-state index contributed by atoms with van der Waals surface area (Å²) in [5.41, 5.74) is 3.25. The molecule has 4 rings (SSSR count). The summed E-state index contributed by atoms with van der Waals surface area (Å²) in [4.78, 5) is 17.7. The van der Waals surface area contributed by atoms with Gasteiger partial charge in [-0.1, -0.05) is 24.3 Å². The molecule has 29 heavy (non-hydrogen) atoms. The number of rotatable bonds is 5. The average molecular weight is 397 g/mol. The Labute approximate surface area is 172 Å². The summed E-state index contributed by atoms with van der Waals surface area (Å²) in [6.07, 6.45) is 4.71. The fourth-order valence-corrected chi connectivity index (χ4v) is 4.95. The Hall–Kier alpha value is -2.40. The first kappa shape index (κ1) is 19.9. The zero-order valence-electron chi connectivity index (χ0n) is 17.2. The zero-order chi connectivity index (χ0) is 20.4. The van der Waals surface area contributed by atoms with Crippen molar-refractivity contribution in [2.45, 2.75) is 44.2 Å². The minimum absolute atomic E-state index is 0.0000941. The van der Waals surface area contributed by atoms with Crippen molar-refractivity contribution in [3.05, 3.63) is 65.0 Å². The standard InChI is InChI=1S/C24H29FN2O2/c1-26(23(28)16-17-8-10-18(25)11-9-17)24-20-6-5-7-22(29-2)19(20)12-13-21(24)27-14-3-4-15-27/h5-11,21,24H,3-4,12-16H2,1-2H3/t21-,24-/m0/s1. The van der Waals surface area contributed by atoms with E-state index in [1.165, 1.54) is 36.1 Å². The lowest BCUT2D eigenvalue weighted by Crippen LogP contribution is -2.48. The monoisotopic (exact) mass is 396 g/mol. The second kappa shape index (κ2) is 8.54. The van der Waals surface area contributed by atoms with Gasteiger partial charge in [-0.2, -0.15) is 0 Å². The molecule has 0 N–H and O–H groups in total. The molecule has 2 aromatic carbocycles. The Morgan fingerprint density at radius 2 is 1.90 bits per heavy atom.